The standard InChI is InChI=1S/C12H14O2/c1-2-11(13)7-3-5-10-6-4-8-12(14)9-10/h2,4,6,8-9,14H,1,3,5,7H2. The lowest BCUT2D eigenvalue weighted by molar-refractivity contribution is -0.114. The second-order valence-electron chi connectivity index (χ2n) is 3.19. The van der Waals surface area contributed by atoms with Crippen molar-refractivity contribution in [3.05, 3.63) is 42.5 Å². The second kappa shape index (κ2) is 5.22. The maximum Gasteiger partial charge on any atom is 0.155 e. The van der Waals surface area contributed by atoms with E-state index in [-0.39, 0.29) is 11.5 Å². The predicted octanol–water partition coefficient (Wildman–Crippen LogP) is 2.47. The van der Waals surface area contributed by atoms with Crippen molar-refractivity contribution in [2.24, 2.45) is 0 Å². The van der Waals surface area contributed by atoms with Crippen molar-refractivity contribution in [2.75, 3.05) is 0 Å². The Labute approximate surface area is 83.9 Å². The van der Waals surface area contributed by atoms with Gasteiger partial charge in [-0.2, -0.15) is 0 Å². The average Bonchev–Trinajstić information content (AvgIpc) is 2.17. The van der Waals surface area contributed by atoms with Crippen molar-refractivity contribution in [1.82, 2.24) is 0 Å². The van der Waals surface area contributed by atoms with Crippen LogP contribution >= 0.6 is 0 Å². The fourth-order valence-electron chi connectivity index (χ4n) is 1.28. The fourth-order valence-corrected chi connectivity index (χ4v) is 1.28. The average molecular weight is 190 g/mol. The monoisotopic (exact) mass is 190 g/mol. The zero-order valence-corrected chi connectivity index (χ0v) is 8.07. The molecule has 1 rings (SSSR count). The van der Waals surface area contributed by atoms with Gasteiger partial charge in [-0.1, -0.05) is 18.7 Å². The molecule has 0 saturated carbocycles. The van der Waals surface area contributed by atoms with Gasteiger partial charge in [0.1, 0.15) is 5.75 Å². The number of allylic oxidation sites excluding steroid dienone is 1. The first-order valence-electron chi connectivity index (χ1n) is 4.65. The zero-order chi connectivity index (χ0) is 10.4. The Hall–Kier alpha value is -1.57. The Bertz CT molecular complexity index is 329. The molecule has 0 heterocycles. The molecule has 0 saturated heterocycles. The minimum absolute atomic E-state index is 0.0742. The van der Waals surface area contributed by atoms with Crippen molar-refractivity contribution < 1.29 is 9.90 Å². The van der Waals surface area contributed by atoms with E-state index in [1.165, 1.54) is 6.08 Å². The van der Waals surface area contributed by atoms with Crippen LogP contribution in [0.15, 0.2) is 36.9 Å². The highest BCUT2D eigenvalue weighted by Gasteiger charge is 1.98. The van der Waals surface area contributed by atoms with E-state index in [0.29, 0.717) is 6.42 Å². The summed E-state index contributed by atoms with van der Waals surface area (Å²) in [6.45, 7) is 3.41. The lowest BCUT2D eigenvalue weighted by Gasteiger charge is -2.00. The number of phenols is 1. The molecule has 2 heteroatoms. The number of hydrogen-bond acceptors (Lipinski definition) is 2. The molecule has 1 N–H and O–H groups in total. The van der Waals surface area contributed by atoms with E-state index < -0.39 is 0 Å². The zero-order valence-electron chi connectivity index (χ0n) is 8.07. The molecular formula is C12H14O2. The van der Waals surface area contributed by atoms with Gasteiger partial charge in [0.05, 0.1) is 0 Å². The molecule has 0 atom stereocenters. The van der Waals surface area contributed by atoms with Gasteiger partial charge < -0.3 is 5.11 Å². The molecule has 0 aromatic heterocycles. The van der Waals surface area contributed by atoms with Crippen LogP contribution in [0.25, 0.3) is 0 Å². The summed E-state index contributed by atoms with van der Waals surface area (Å²) in [5.41, 5.74) is 1.06. The smallest absolute Gasteiger partial charge is 0.155 e. The summed E-state index contributed by atoms with van der Waals surface area (Å²) < 4.78 is 0. The maximum atomic E-state index is 10.9. The van der Waals surface area contributed by atoms with Crippen LogP contribution in [0.1, 0.15) is 18.4 Å². The number of ketones is 1. The van der Waals surface area contributed by atoms with Gasteiger partial charge in [-0.05, 0) is 36.6 Å². The third-order valence-corrected chi connectivity index (χ3v) is 2.03. The molecular weight excluding hydrogens is 176 g/mol. The second-order valence-corrected chi connectivity index (χ2v) is 3.19. The van der Waals surface area contributed by atoms with Gasteiger partial charge in [-0.15, -0.1) is 0 Å². The van der Waals surface area contributed by atoms with E-state index in [9.17, 15) is 9.90 Å². The summed E-state index contributed by atoms with van der Waals surface area (Å²) in [5.74, 6) is 0.350. The number of aryl methyl sites for hydroxylation is 1. The Balaban J connectivity index is 2.38. The Morgan fingerprint density at radius 1 is 1.50 bits per heavy atom. The molecule has 0 aliphatic heterocycles. The largest absolute Gasteiger partial charge is 0.508 e. The molecule has 14 heavy (non-hydrogen) atoms. The van der Waals surface area contributed by atoms with Crippen molar-refractivity contribution in [2.45, 2.75) is 19.3 Å². The summed E-state index contributed by atoms with van der Waals surface area (Å²) in [4.78, 5) is 10.9. The molecule has 0 aliphatic rings. The minimum Gasteiger partial charge on any atom is -0.508 e. The highest BCUT2D eigenvalue weighted by Crippen LogP contribution is 2.13. The van der Waals surface area contributed by atoms with E-state index in [2.05, 4.69) is 6.58 Å². The van der Waals surface area contributed by atoms with Crippen LogP contribution < -0.4 is 0 Å². The van der Waals surface area contributed by atoms with Crippen molar-refractivity contribution >= 4 is 5.78 Å². The number of benzene rings is 1. The van der Waals surface area contributed by atoms with Gasteiger partial charge in [0, 0.05) is 6.42 Å². The molecule has 74 valence electrons. The predicted molar refractivity (Wildman–Crippen MR) is 56.2 cm³/mol. The quantitative estimate of drug-likeness (QED) is 0.724. The summed E-state index contributed by atoms with van der Waals surface area (Å²) in [6.07, 6.45) is 3.49. The van der Waals surface area contributed by atoms with Crippen LogP contribution in [0.2, 0.25) is 0 Å². The van der Waals surface area contributed by atoms with Gasteiger partial charge >= 0.3 is 0 Å². The first kappa shape index (κ1) is 10.5. The third kappa shape index (κ3) is 3.44. The van der Waals surface area contributed by atoms with Crippen LogP contribution in [0, 0.1) is 0 Å². The van der Waals surface area contributed by atoms with Gasteiger partial charge in [-0.25, -0.2) is 0 Å². The summed E-state index contributed by atoms with van der Waals surface area (Å²) >= 11 is 0. The SMILES string of the molecule is C=CC(=O)CCCc1cccc(O)c1. The van der Waals surface area contributed by atoms with Crippen molar-refractivity contribution in [1.29, 1.82) is 0 Å². The molecule has 0 unspecified atom stereocenters. The lowest BCUT2D eigenvalue weighted by atomic mass is 10.1. The van der Waals surface area contributed by atoms with Gasteiger partial charge in [-0.3, -0.25) is 4.79 Å². The van der Waals surface area contributed by atoms with Crippen molar-refractivity contribution in [3.63, 3.8) is 0 Å². The Kier molecular flexibility index (Phi) is 3.92. The van der Waals surface area contributed by atoms with Crippen LogP contribution in [-0.2, 0) is 11.2 Å². The van der Waals surface area contributed by atoms with E-state index in [1.54, 1.807) is 18.2 Å². The summed E-state index contributed by atoms with van der Waals surface area (Å²) in [7, 11) is 0. The number of aromatic hydroxyl groups is 1. The first-order chi connectivity index (χ1) is 6.72. The maximum absolute atomic E-state index is 10.9. The van der Waals surface area contributed by atoms with Gasteiger partial charge in [0.25, 0.3) is 0 Å². The lowest BCUT2D eigenvalue weighted by Crippen LogP contribution is -1.93. The molecule has 0 aliphatic carbocycles. The van der Waals surface area contributed by atoms with E-state index in [1.807, 2.05) is 6.07 Å². The summed E-state index contributed by atoms with van der Waals surface area (Å²) in [5, 5.41) is 9.18. The molecule has 0 spiro atoms. The van der Waals surface area contributed by atoms with Gasteiger partial charge in [0.15, 0.2) is 5.78 Å². The number of carbonyl (C=O) groups is 1. The fraction of sp³-hybridized carbons (Fsp3) is 0.250. The molecule has 0 radical (unpaired) electrons. The topological polar surface area (TPSA) is 37.3 Å². The normalized spacial score (nSPS) is 9.71. The van der Waals surface area contributed by atoms with Crippen LogP contribution in [0.3, 0.4) is 0 Å². The highest BCUT2D eigenvalue weighted by atomic mass is 16.3. The molecule has 0 fully saturated rings. The van der Waals surface area contributed by atoms with E-state index >= 15 is 0 Å². The highest BCUT2D eigenvalue weighted by molar-refractivity contribution is 5.88. The Morgan fingerprint density at radius 2 is 2.29 bits per heavy atom. The number of rotatable bonds is 5. The molecule has 2 nitrogen and oxygen atoms in total. The van der Waals surface area contributed by atoms with Gasteiger partial charge in [0.2, 0.25) is 0 Å². The third-order valence-electron chi connectivity index (χ3n) is 2.03. The number of hydrogen-bond donors (Lipinski definition) is 1. The van der Waals surface area contributed by atoms with E-state index in [0.717, 1.165) is 18.4 Å². The van der Waals surface area contributed by atoms with Crippen LogP contribution in [0.5, 0.6) is 5.75 Å². The molecule has 0 bridgehead atoms. The molecule has 1 aromatic rings. The van der Waals surface area contributed by atoms with Crippen molar-refractivity contribution in [3.8, 4) is 5.75 Å². The Morgan fingerprint density at radius 3 is 2.93 bits per heavy atom. The first-order valence-corrected chi connectivity index (χ1v) is 4.65. The molecule has 1 aromatic carbocycles. The minimum atomic E-state index is 0.0742. The number of carbonyl (C=O) groups excluding carboxylic acids is 1. The van der Waals surface area contributed by atoms with Crippen LogP contribution in [-0.4, -0.2) is 10.9 Å². The van der Waals surface area contributed by atoms with Crippen LogP contribution in [0.4, 0.5) is 0 Å². The summed E-state index contributed by atoms with van der Waals surface area (Å²) in [6, 6.07) is 7.11. The molecule has 0 amide bonds. The number of phenolic OH excluding ortho intramolecular Hbond substituents is 1. The van der Waals surface area contributed by atoms with E-state index in [4.69, 9.17) is 0 Å².